The summed E-state index contributed by atoms with van der Waals surface area (Å²) in [4.78, 5) is 16.2. The Labute approximate surface area is 117 Å². The molecular weight excluding hydrogens is 284 g/mol. The third kappa shape index (κ3) is 4.01. The summed E-state index contributed by atoms with van der Waals surface area (Å²) in [6.45, 7) is 2.58. The van der Waals surface area contributed by atoms with E-state index in [1.54, 1.807) is 11.3 Å². The highest BCUT2D eigenvalue weighted by Crippen LogP contribution is 2.18. The number of carbonyl (C=O) groups excluding carboxylic acids is 1. The molecule has 0 spiro atoms. The number of aryl methyl sites for hydroxylation is 1. The van der Waals surface area contributed by atoms with Crippen molar-refractivity contribution in [3.63, 3.8) is 0 Å². The number of sulfone groups is 1. The van der Waals surface area contributed by atoms with E-state index >= 15 is 0 Å². The van der Waals surface area contributed by atoms with Gasteiger partial charge in [0.15, 0.2) is 9.84 Å². The molecule has 1 aromatic heterocycles. The molecule has 1 amide bonds. The van der Waals surface area contributed by atoms with Crippen molar-refractivity contribution in [1.82, 2.24) is 10.3 Å². The van der Waals surface area contributed by atoms with Crippen LogP contribution in [0.3, 0.4) is 0 Å². The quantitative estimate of drug-likeness (QED) is 0.873. The highest BCUT2D eigenvalue weighted by Gasteiger charge is 2.32. The highest BCUT2D eigenvalue weighted by atomic mass is 32.2. The van der Waals surface area contributed by atoms with Crippen LogP contribution in [0.1, 0.15) is 24.0 Å². The van der Waals surface area contributed by atoms with Gasteiger partial charge in [-0.1, -0.05) is 6.92 Å². The Morgan fingerprint density at radius 2 is 2.37 bits per heavy atom. The third-order valence-corrected chi connectivity index (χ3v) is 5.93. The van der Waals surface area contributed by atoms with Crippen LogP contribution in [-0.4, -0.2) is 37.4 Å². The molecule has 2 rings (SSSR count). The predicted molar refractivity (Wildman–Crippen MR) is 75.0 cm³/mol. The largest absolute Gasteiger partial charge is 0.355 e. The molecule has 0 aromatic carbocycles. The number of hydrogen-bond donors (Lipinski definition) is 1. The van der Waals surface area contributed by atoms with E-state index in [-0.39, 0.29) is 23.3 Å². The molecule has 1 aliphatic rings. The van der Waals surface area contributed by atoms with Crippen molar-refractivity contribution < 1.29 is 13.2 Å². The molecule has 0 aliphatic carbocycles. The molecule has 0 unspecified atom stereocenters. The number of thiazole rings is 1. The van der Waals surface area contributed by atoms with Gasteiger partial charge in [0.05, 0.1) is 28.1 Å². The summed E-state index contributed by atoms with van der Waals surface area (Å²) in [6.07, 6.45) is 2.07. The van der Waals surface area contributed by atoms with Crippen LogP contribution in [0.5, 0.6) is 0 Å². The molecule has 0 bridgehead atoms. The first-order valence-electron chi connectivity index (χ1n) is 6.41. The molecule has 1 fully saturated rings. The Kier molecular flexibility index (Phi) is 4.57. The lowest BCUT2D eigenvalue weighted by Gasteiger charge is -2.08. The van der Waals surface area contributed by atoms with Crippen molar-refractivity contribution >= 4 is 27.1 Å². The van der Waals surface area contributed by atoms with Crippen molar-refractivity contribution in [1.29, 1.82) is 0 Å². The number of carbonyl (C=O) groups is 1. The molecule has 1 aliphatic heterocycles. The van der Waals surface area contributed by atoms with Gasteiger partial charge >= 0.3 is 0 Å². The summed E-state index contributed by atoms with van der Waals surface area (Å²) >= 11 is 1.60. The lowest BCUT2D eigenvalue weighted by Crippen LogP contribution is -2.32. The second kappa shape index (κ2) is 6.00. The number of amides is 1. The molecule has 1 saturated heterocycles. The van der Waals surface area contributed by atoms with E-state index in [0.29, 0.717) is 19.4 Å². The molecule has 0 saturated carbocycles. The minimum atomic E-state index is -2.99. The summed E-state index contributed by atoms with van der Waals surface area (Å²) in [5.41, 5.74) is 1.08. The van der Waals surface area contributed by atoms with Gasteiger partial charge in [-0.25, -0.2) is 13.4 Å². The minimum Gasteiger partial charge on any atom is -0.355 e. The molecule has 5 nitrogen and oxygen atoms in total. The van der Waals surface area contributed by atoms with Gasteiger partial charge in [-0.2, -0.15) is 0 Å². The van der Waals surface area contributed by atoms with Crippen molar-refractivity contribution in [3.8, 4) is 0 Å². The Balaban J connectivity index is 1.75. The van der Waals surface area contributed by atoms with Gasteiger partial charge in [0.1, 0.15) is 0 Å². The molecule has 7 heteroatoms. The topological polar surface area (TPSA) is 76.1 Å². The fourth-order valence-corrected chi connectivity index (χ4v) is 4.69. The molecule has 1 atom stereocenters. The lowest BCUT2D eigenvalue weighted by molar-refractivity contribution is -0.124. The Morgan fingerprint density at radius 3 is 2.95 bits per heavy atom. The fraction of sp³-hybridized carbons (Fsp3) is 0.667. The van der Waals surface area contributed by atoms with Crippen molar-refractivity contribution in [2.24, 2.45) is 5.92 Å². The monoisotopic (exact) mass is 302 g/mol. The summed E-state index contributed by atoms with van der Waals surface area (Å²) in [5, 5.41) is 5.84. The van der Waals surface area contributed by atoms with Crippen molar-refractivity contribution in [2.45, 2.75) is 26.2 Å². The van der Waals surface area contributed by atoms with E-state index < -0.39 is 9.84 Å². The normalized spacial score (nSPS) is 21.4. The highest BCUT2D eigenvalue weighted by molar-refractivity contribution is 7.91. The van der Waals surface area contributed by atoms with Crippen LogP contribution < -0.4 is 5.32 Å². The second-order valence-corrected chi connectivity index (χ2v) is 7.90. The van der Waals surface area contributed by atoms with Gasteiger partial charge in [-0.05, 0) is 12.8 Å². The number of aromatic nitrogens is 1. The van der Waals surface area contributed by atoms with Crippen LogP contribution >= 0.6 is 11.3 Å². The van der Waals surface area contributed by atoms with Crippen molar-refractivity contribution in [2.75, 3.05) is 18.1 Å². The minimum absolute atomic E-state index is 0.00390. The number of nitrogens with zero attached hydrogens (tertiary/aromatic N) is 1. The first-order valence-corrected chi connectivity index (χ1v) is 9.11. The maximum Gasteiger partial charge on any atom is 0.224 e. The van der Waals surface area contributed by atoms with Crippen LogP contribution in [0.15, 0.2) is 5.38 Å². The summed E-state index contributed by atoms with van der Waals surface area (Å²) in [7, 11) is -2.99. The van der Waals surface area contributed by atoms with E-state index in [1.165, 1.54) is 0 Å². The number of hydrogen-bond acceptors (Lipinski definition) is 5. The van der Waals surface area contributed by atoms with Crippen LogP contribution in [0.25, 0.3) is 0 Å². The van der Waals surface area contributed by atoms with Gasteiger partial charge in [0.2, 0.25) is 5.91 Å². The first kappa shape index (κ1) is 14.5. The van der Waals surface area contributed by atoms with Crippen molar-refractivity contribution in [3.05, 3.63) is 16.1 Å². The van der Waals surface area contributed by atoms with E-state index in [4.69, 9.17) is 0 Å². The number of nitrogens with one attached hydrogen (secondary N) is 1. The van der Waals surface area contributed by atoms with E-state index in [0.717, 1.165) is 17.1 Å². The summed E-state index contributed by atoms with van der Waals surface area (Å²) in [5.74, 6) is -0.381. The van der Waals surface area contributed by atoms with Gasteiger partial charge in [0.25, 0.3) is 0 Å². The standard InChI is InChI=1S/C12H18N2O3S2/c1-2-10-7-18-11(14-10)3-5-13-12(15)9-4-6-19(16,17)8-9/h7,9H,2-6,8H2,1H3,(H,13,15)/t9-/m0/s1. The third-order valence-electron chi connectivity index (χ3n) is 3.20. The molecule has 2 heterocycles. The zero-order valence-corrected chi connectivity index (χ0v) is 12.5. The Morgan fingerprint density at radius 1 is 1.58 bits per heavy atom. The lowest BCUT2D eigenvalue weighted by atomic mass is 10.1. The molecular formula is C12H18N2O3S2. The van der Waals surface area contributed by atoms with Crippen LogP contribution in [0.4, 0.5) is 0 Å². The smallest absolute Gasteiger partial charge is 0.224 e. The van der Waals surface area contributed by atoms with Gasteiger partial charge in [-0.15, -0.1) is 11.3 Å². The average molecular weight is 302 g/mol. The van der Waals surface area contributed by atoms with Gasteiger partial charge < -0.3 is 5.32 Å². The molecule has 1 N–H and O–H groups in total. The fourth-order valence-electron chi connectivity index (χ4n) is 2.06. The van der Waals surface area contributed by atoms with Gasteiger partial charge in [0, 0.05) is 18.3 Å². The zero-order valence-electron chi connectivity index (χ0n) is 10.9. The second-order valence-electron chi connectivity index (χ2n) is 4.73. The van der Waals surface area contributed by atoms with Crippen LogP contribution in [-0.2, 0) is 27.5 Å². The first-order chi connectivity index (χ1) is 9.00. The maximum atomic E-state index is 11.8. The van der Waals surface area contributed by atoms with Crippen LogP contribution in [0, 0.1) is 5.92 Å². The Hall–Kier alpha value is -0.950. The maximum absolute atomic E-state index is 11.8. The number of rotatable bonds is 5. The molecule has 1 aromatic rings. The zero-order chi connectivity index (χ0) is 13.9. The molecule has 0 radical (unpaired) electrons. The summed E-state index contributed by atoms with van der Waals surface area (Å²) in [6, 6.07) is 0. The molecule has 106 valence electrons. The van der Waals surface area contributed by atoms with E-state index in [1.807, 2.05) is 5.38 Å². The van der Waals surface area contributed by atoms with E-state index in [2.05, 4.69) is 17.2 Å². The average Bonchev–Trinajstić information content (AvgIpc) is 2.95. The van der Waals surface area contributed by atoms with Crippen LogP contribution in [0.2, 0.25) is 0 Å². The molecule has 19 heavy (non-hydrogen) atoms. The predicted octanol–water partition coefficient (Wildman–Crippen LogP) is 0.799. The summed E-state index contributed by atoms with van der Waals surface area (Å²) < 4.78 is 22.6. The Bertz CT molecular complexity index is 551. The van der Waals surface area contributed by atoms with Gasteiger partial charge in [-0.3, -0.25) is 4.79 Å². The SMILES string of the molecule is CCc1csc(CCNC(=O)[C@H]2CCS(=O)(=O)C2)n1. The van der Waals surface area contributed by atoms with E-state index in [9.17, 15) is 13.2 Å².